The van der Waals surface area contributed by atoms with E-state index in [1.165, 1.54) is 0 Å². The van der Waals surface area contributed by atoms with E-state index in [0.717, 1.165) is 5.56 Å². The van der Waals surface area contributed by atoms with E-state index in [-0.39, 0.29) is 5.91 Å². The summed E-state index contributed by atoms with van der Waals surface area (Å²) >= 11 is 15.4. The van der Waals surface area contributed by atoms with E-state index >= 15 is 0 Å². The molecule has 2 rings (SSSR count). The molecule has 0 aromatic heterocycles. The molecule has 0 aliphatic heterocycles. The second kappa shape index (κ2) is 9.28. The number of halogens is 3. The third kappa shape index (κ3) is 5.38. The normalized spacial score (nSPS) is 10.5. The molecule has 7 heteroatoms. The summed E-state index contributed by atoms with van der Waals surface area (Å²) in [7, 11) is 1.61. The van der Waals surface area contributed by atoms with Gasteiger partial charge in [-0.05, 0) is 51.8 Å². The first-order valence-electron chi connectivity index (χ1n) is 7.14. The lowest BCUT2D eigenvalue weighted by Gasteiger charge is -2.10. The molecule has 4 nitrogen and oxygen atoms in total. The Labute approximate surface area is 159 Å². The van der Waals surface area contributed by atoms with Gasteiger partial charge in [-0.1, -0.05) is 29.3 Å². The Balaban J connectivity index is 1.98. The van der Waals surface area contributed by atoms with E-state index in [9.17, 15) is 4.79 Å². The molecule has 0 atom stereocenters. The Kier molecular flexibility index (Phi) is 7.37. The summed E-state index contributed by atoms with van der Waals surface area (Å²) in [4.78, 5) is 12.3. The number of hydrogen-bond donors (Lipinski definition) is 1. The summed E-state index contributed by atoms with van der Waals surface area (Å²) in [6.07, 6.45) is 0. The van der Waals surface area contributed by atoms with Gasteiger partial charge in [0.15, 0.2) is 0 Å². The number of ether oxygens (including phenoxy) is 2. The molecule has 128 valence electrons. The van der Waals surface area contributed by atoms with Crippen LogP contribution in [0.4, 0.5) is 0 Å². The summed E-state index contributed by atoms with van der Waals surface area (Å²) < 4.78 is 11.2. The molecule has 0 heterocycles. The van der Waals surface area contributed by atoms with Crippen LogP contribution >= 0.6 is 39.1 Å². The van der Waals surface area contributed by atoms with E-state index in [1.807, 2.05) is 0 Å². The lowest BCUT2D eigenvalue weighted by atomic mass is 10.2. The molecular formula is C17H16BrCl2NO3. The maximum atomic E-state index is 12.3. The van der Waals surface area contributed by atoms with Crippen molar-refractivity contribution >= 4 is 45.0 Å². The maximum Gasteiger partial charge on any atom is 0.251 e. The molecule has 1 N–H and O–H groups in total. The first-order chi connectivity index (χ1) is 11.5. The molecule has 2 aromatic carbocycles. The van der Waals surface area contributed by atoms with E-state index in [0.29, 0.717) is 45.6 Å². The predicted octanol–water partition coefficient (Wildman–Crippen LogP) is 4.71. The van der Waals surface area contributed by atoms with E-state index < -0.39 is 0 Å². The number of carbonyl (C=O) groups is 1. The highest BCUT2D eigenvalue weighted by Gasteiger charge is 2.10. The van der Waals surface area contributed by atoms with Gasteiger partial charge < -0.3 is 14.8 Å². The van der Waals surface area contributed by atoms with Crippen molar-refractivity contribution in [3.63, 3.8) is 0 Å². The zero-order valence-corrected chi connectivity index (χ0v) is 16.0. The fourth-order valence-electron chi connectivity index (χ4n) is 1.94. The number of amides is 1. The van der Waals surface area contributed by atoms with Crippen molar-refractivity contribution in [2.75, 3.05) is 20.3 Å². The monoisotopic (exact) mass is 431 g/mol. The Bertz CT molecular complexity index is 725. The van der Waals surface area contributed by atoms with Crippen LogP contribution in [0.3, 0.4) is 0 Å². The van der Waals surface area contributed by atoms with Crippen molar-refractivity contribution in [3.05, 3.63) is 62.0 Å². The van der Waals surface area contributed by atoms with Crippen molar-refractivity contribution in [2.24, 2.45) is 0 Å². The van der Waals surface area contributed by atoms with Crippen LogP contribution in [0.1, 0.15) is 15.9 Å². The number of nitrogens with one attached hydrogen (secondary N) is 1. The second-order valence-electron chi connectivity index (χ2n) is 4.90. The highest BCUT2D eigenvalue weighted by Crippen LogP contribution is 2.26. The molecule has 0 saturated heterocycles. The van der Waals surface area contributed by atoms with Gasteiger partial charge in [-0.2, -0.15) is 0 Å². The lowest BCUT2D eigenvalue weighted by Crippen LogP contribution is -2.23. The van der Waals surface area contributed by atoms with Gasteiger partial charge >= 0.3 is 0 Å². The lowest BCUT2D eigenvalue weighted by molar-refractivity contribution is 0.0950. The minimum Gasteiger partial charge on any atom is -0.490 e. The molecule has 2 aromatic rings. The number of methoxy groups -OCH3 is 1. The molecule has 0 saturated carbocycles. The van der Waals surface area contributed by atoms with Crippen LogP contribution in [0.2, 0.25) is 10.0 Å². The smallest absolute Gasteiger partial charge is 0.251 e. The summed E-state index contributed by atoms with van der Waals surface area (Å²) in [5.41, 5.74) is 1.32. The van der Waals surface area contributed by atoms with Crippen molar-refractivity contribution in [1.82, 2.24) is 5.32 Å². The van der Waals surface area contributed by atoms with Crippen LogP contribution in [-0.2, 0) is 11.3 Å². The summed E-state index contributed by atoms with van der Waals surface area (Å²) in [5, 5.41) is 3.90. The maximum absolute atomic E-state index is 12.3. The molecule has 0 bridgehead atoms. The van der Waals surface area contributed by atoms with E-state index in [2.05, 4.69) is 21.2 Å². The standard InChI is InChI=1S/C17H16BrCl2NO3/c1-23-6-7-24-16-5-3-11(8-14(16)18)17(22)21-10-12-2-4-13(19)9-15(12)20/h2-5,8-9H,6-7,10H2,1H3,(H,21,22). The van der Waals surface area contributed by atoms with E-state index in [1.54, 1.807) is 43.5 Å². The van der Waals surface area contributed by atoms with Gasteiger partial charge in [-0.15, -0.1) is 0 Å². The molecule has 0 radical (unpaired) electrons. The van der Waals surface area contributed by atoms with Crippen LogP contribution in [0.15, 0.2) is 40.9 Å². The van der Waals surface area contributed by atoms with Crippen molar-refractivity contribution < 1.29 is 14.3 Å². The summed E-state index contributed by atoms with van der Waals surface area (Å²) in [5.74, 6) is 0.453. The topological polar surface area (TPSA) is 47.6 Å². The molecule has 0 unspecified atom stereocenters. The van der Waals surface area contributed by atoms with Crippen molar-refractivity contribution in [1.29, 1.82) is 0 Å². The third-order valence-electron chi connectivity index (χ3n) is 3.19. The van der Waals surface area contributed by atoms with Gasteiger partial charge in [0.05, 0.1) is 11.1 Å². The van der Waals surface area contributed by atoms with Crippen molar-refractivity contribution in [2.45, 2.75) is 6.54 Å². The number of hydrogen-bond acceptors (Lipinski definition) is 3. The number of benzene rings is 2. The minimum absolute atomic E-state index is 0.204. The number of carbonyl (C=O) groups excluding carboxylic acids is 1. The fourth-order valence-corrected chi connectivity index (χ4v) is 2.91. The van der Waals surface area contributed by atoms with Gasteiger partial charge in [-0.3, -0.25) is 4.79 Å². The zero-order valence-electron chi connectivity index (χ0n) is 12.9. The Morgan fingerprint density at radius 3 is 2.62 bits per heavy atom. The zero-order chi connectivity index (χ0) is 17.5. The predicted molar refractivity (Wildman–Crippen MR) is 99.1 cm³/mol. The van der Waals surface area contributed by atoms with Crippen molar-refractivity contribution in [3.8, 4) is 5.75 Å². The Morgan fingerprint density at radius 2 is 1.96 bits per heavy atom. The van der Waals surface area contributed by atoms with Gasteiger partial charge in [0.25, 0.3) is 5.91 Å². The Hall–Kier alpha value is -1.27. The van der Waals surface area contributed by atoms with Gasteiger partial charge in [0, 0.05) is 29.3 Å². The van der Waals surface area contributed by atoms with Gasteiger partial charge in [0.1, 0.15) is 12.4 Å². The van der Waals surface area contributed by atoms with Crippen LogP contribution in [0.25, 0.3) is 0 Å². The second-order valence-corrected chi connectivity index (χ2v) is 6.60. The van der Waals surface area contributed by atoms with Gasteiger partial charge in [0.2, 0.25) is 0 Å². The average Bonchev–Trinajstić information content (AvgIpc) is 2.55. The quantitative estimate of drug-likeness (QED) is 0.644. The molecule has 24 heavy (non-hydrogen) atoms. The largest absolute Gasteiger partial charge is 0.490 e. The minimum atomic E-state index is -0.204. The van der Waals surface area contributed by atoms with Crippen LogP contribution < -0.4 is 10.1 Å². The molecule has 0 aliphatic carbocycles. The first kappa shape index (κ1) is 19.1. The Morgan fingerprint density at radius 1 is 1.17 bits per heavy atom. The molecule has 0 spiro atoms. The molecule has 0 aliphatic rings. The van der Waals surface area contributed by atoms with Crippen LogP contribution in [0.5, 0.6) is 5.75 Å². The highest BCUT2D eigenvalue weighted by molar-refractivity contribution is 9.10. The first-order valence-corrected chi connectivity index (χ1v) is 8.69. The fraction of sp³-hybridized carbons (Fsp3) is 0.235. The SMILES string of the molecule is COCCOc1ccc(C(=O)NCc2ccc(Cl)cc2Cl)cc1Br. The van der Waals surface area contributed by atoms with E-state index in [4.69, 9.17) is 32.7 Å². The van der Waals surface area contributed by atoms with Crippen LogP contribution in [0, 0.1) is 0 Å². The third-order valence-corrected chi connectivity index (χ3v) is 4.40. The summed E-state index contributed by atoms with van der Waals surface area (Å²) in [6, 6.07) is 10.3. The molecule has 1 amide bonds. The number of rotatable bonds is 7. The molecule has 0 fully saturated rings. The average molecular weight is 433 g/mol. The molecular weight excluding hydrogens is 417 g/mol. The summed E-state index contributed by atoms with van der Waals surface area (Å²) in [6.45, 7) is 1.25. The van der Waals surface area contributed by atoms with Gasteiger partial charge in [-0.25, -0.2) is 0 Å². The van der Waals surface area contributed by atoms with Crippen LogP contribution in [-0.4, -0.2) is 26.2 Å². The highest BCUT2D eigenvalue weighted by atomic mass is 79.9.